The van der Waals surface area contributed by atoms with Gasteiger partial charge in [0.1, 0.15) is 23.4 Å². The second kappa shape index (κ2) is 8.55. The minimum absolute atomic E-state index is 0.0639. The van der Waals surface area contributed by atoms with E-state index in [1.54, 1.807) is 36.4 Å². The summed E-state index contributed by atoms with van der Waals surface area (Å²) >= 11 is 7.11. The molecular weight excluding hydrogens is 479 g/mol. The number of amides is 1. The molecule has 1 N–H and O–H groups in total. The second-order valence-electron chi connectivity index (χ2n) is 7.53. The predicted molar refractivity (Wildman–Crippen MR) is 129 cm³/mol. The predicted octanol–water partition coefficient (Wildman–Crippen LogP) is 5.72. The van der Waals surface area contributed by atoms with Crippen molar-refractivity contribution < 1.29 is 23.8 Å². The highest BCUT2D eigenvalue weighted by Crippen LogP contribution is 2.45. The molecule has 0 aliphatic carbocycles. The molecule has 170 valence electrons. The van der Waals surface area contributed by atoms with E-state index >= 15 is 0 Å². The molecule has 1 atom stereocenters. The van der Waals surface area contributed by atoms with Crippen molar-refractivity contribution in [2.45, 2.75) is 6.04 Å². The molecule has 0 radical (unpaired) electrons. The molecule has 6 nitrogen and oxygen atoms in total. The highest BCUT2D eigenvalue weighted by Gasteiger charge is 2.49. The number of fused-ring (bicyclic) bond motifs is 1. The molecule has 1 fully saturated rings. The maximum Gasteiger partial charge on any atom is 0.301 e. The summed E-state index contributed by atoms with van der Waals surface area (Å²) in [5.74, 6) is -2.27. The number of benzene rings is 3. The maximum absolute atomic E-state index is 15.0. The molecule has 3 aromatic carbocycles. The van der Waals surface area contributed by atoms with Gasteiger partial charge in [0.15, 0.2) is 5.13 Å². The number of thiazole rings is 1. The Labute approximate surface area is 202 Å². The minimum atomic E-state index is -1.21. The molecule has 0 bridgehead atoms. The number of rotatable bonds is 4. The standard InChI is InChI=1S/C25H16ClFN2O4S/c1-33-15-10-11-18-19(12-15)34-25(28-18)29-21(16-4-2-3-5-17(16)27)20(23(31)24(29)32)22(30)13-6-8-14(26)9-7-13/h2-12,21,30H,1H3/t21-/m1/s1. The van der Waals surface area contributed by atoms with Crippen LogP contribution >= 0.6 is 22.9 Å². The van der Waals surface area contributed by atoms with Crippen LogP contribution in [-0.4, -0.2) is 28.9 Å². The Morgan fingerprint density at radius 2 is 1.85 bits per heavy atom. The fraction of sp³-hybridized carbons (Fsp3) is 0.0800. The summed E-state index contributed by atoms with van der Waals surface area (Å²) in [7, 11) is 1.54. The quantitative estimate of drug-likeness (QED) is 0.223. The Kier molecular flexibility index (Phi) is 5.55. The Balaban J connectivity index is 1.73. The third-order valence-corrected chi connectivity index (χ3v) is 6.82. The highest BCUT2D eigenvalue weighted by molar-refractivity contribution is 7.22. The molecule has 1 amide bonds. The number of ether oxygens (including phenoxy) is 1. The Bertz CT molecular complexity index is 1480. The summed E-state index contributed by atoms with van der Waals surface area (Å²) in [5, 5.41) is 11.7. The van der Waals surface area contributed by atoms with Gasteiger partial charge in [0.05, 0.1) is 22.9 Å². The first kappa shape index (κ1) is 22.1. The number of aliphatic hydroxyl groups excluding tert-OH is 1. The summed E-state index contributed by atoms with van der Waals surface area (Å²) in [6.07, 6.45) is 0. The van der Waals surface area contributed by atoms with Crippen molar-refractivity contribution in [2.24, 2.45) is 0 Å². The van der Waals surface area contributed by atoms with E-state index in [0.29, 0.717) is 16.3 Å². The van der Waals surface area contributed by atoms with Crippen molar-refractivity contribution in [2.75, 3.05) is 12.0 Å². The summed E-state index contributed by atoms with van der Waals surface area (Å²) < 4.78 is 21.0. The topological polar surface area (TPSA) is 79.7 Å². The number of carbonyl (C=O) groups is 2. The number of ketones is 1. The van der Waals surface area contributed by atoms with Gasteiger partial charge in [0.2, 0.25) is 0 Å². The van der Waals surface area contributed by atoms with E-state index < -0.39 is 29.3 Å². The van der Waals surface area contributed by atoms with E-state index in [9.17, 15) is 19.1 Å². The zero-order chi connectivity index (χ0) is 24.0. The van der Waals surface area contributed by atoms with Crippen molar-refractivity contribution in [1.29, 1.82) is 0 Å². The van der Waals surface area contributed by atoms with Gasteiger partial charge in [0, 0.05) is 16.1 Å². The summed E-state index contributed by atoms with van der Waals surface area (Å²) in [6, 6.07) is 16.0. The van der Waals surface area contributed by atoms with Crippen LogP contribution < -0.4 is 9.64 Å². The number of anilines is 1. The Morgan fingerprint density at radius 3 is 2.56 bits per heavy atom. The highest BCUT2D eigenvalue weighted by atomic mass is 35.5. The zero-order valence-corrected chi connectivity index (χ0v) is 19.2. The number of aliphatic hydroxyl groups is 1. The van der Waals surface area contributed by atoms with Gasteiger partial charge in [-0.15, -0.1) is 0 Å². The molecule has 2 heterocycles. The molecule has 34 heavy (non-hydrogen) atoms. The number of Topliss-reactive ketones (excluding diaryl/α,β-unsaturated/α-hetero) is 1. The molecule has 1 aromatic heterocycles. The zero-order valence-electron chi connectivity index (χ0n) is 17.7. The van der Waals surface area contributed by atoms with Crippen molar-refractivity contribution in [3.63, 3.8) is 0 Å². The largest absolute Gasteiger partial charge is 0.507 e. The molecule has 1 saturated heterocycles. The fourth-order valence-electron chi connectivity index (χ4n) is 3.91. The van der Waals surface area contributed by atoms with Crippen LogP contribution in [0.15, 0.2) is 72.3 Å². The number of nitrogens with zero attached hydrogens (tertiary/aromatic N) is 2. The lowest BCUT2D eigenvalue weighted by atomic mass is 9.95. The first-order chi connectivity index (χ1) is 16.4. The lowest BCUT2D eigenvalue weighted by molar-refractivity contribution is -0.132. The smallest absolute Gasteiger partial charge is 0.301 e. The van der Waals surface area contributed by atoms with Crippen molar-refractivity contribution in [1.82, 2.24) is 4.98 Å². The van der Waals surface area contributed by atoms with Gasteiger partial charge in [-0.25, -0.2) is 9.37 Å². The lowest BCUT2D eigenvalue weighted by Gasteiger charge is -2.23. The van der Waals surface area contributed by atoms with Gasteiger partial charge in [-0.1, -0.05) is 41.1 Å². The van der Waals surface area contributed by atoms with Crippen LogP contribution in [0.4, 0.5) is 9.52 Å². The molecular formula is C25H16ClFN2O4S. The number of hydrogen-bond donors (Lipinski definition) is 1. The average Bonchev–Trinajstić information content (AvgIpc) is 3.37. The average molecular weight is 495 g/mol. The number of aromatic nitrogens is 1. The molecule has 1 aliphatic rings. The van der Waals surface area contributed by atoms with E-state index in [2.05, 4.69) is 4.98 Å². The number of halogens is 2. The summed E-state index contributed by atoms with van der Waals surface area (Å²) in [6.45, 7) is 0. The first-order valence-corrected chi connectivity index (χ1v) is 11.3. The SMILES string of the molecule is COc1ccc2nc(N3C(=O)C(=O)C(=C(O)c4ccc(Cl)cc4)[C@H]3c3ccccc3F)sc2c1. The molecule has 5 rings (SSSR count). The van der Waals surface area contributed by atoms with Crippen LogP contribution in [0, 0.1) is 5.82 Å². The van der Waals surface area contributed by atoms with E-state index in [4.69, 9.17) is 16.3 Å². The van der Waals surface area contributed by atoms with Crippen molar-refractivity contribution in [3.05, 3.63) is 94.3 Å². The van der Waals surface area contributed by atoms with Crippen LogP contribution in [0.1, 0.15) is 17.2 Å². The van der Waals surface area contributed by atoms with Gasteiger partial charge >= 0.3 is 5.91 Å². The third-order valence-electron chi connectivity index (χ3n) is 5.55. The van der Waals surface area contributed by atoms with E-state index in [1.165, 1.54) is 37.4 Å². The maximum atomic E-state index is 15.0. The van der Waals surface area contributed by atoms with Crippen LogP contribution in [0.25, 0.3) is 16.0 Å². The monoisotopic (exact) mass is 494 g/mol. The fourth-order valence-corrected chi connectivity index (χ4v) is 5.05. The number of hydrogen-bond acceptors (Lipinski definition) is 6. The normalized spacial score (nSPS) is 17.5. The van der Waals surface area contributed by atoms with Crippen molar-refractivity contribution >= 4 is 55.7 Å². The minimum Gasteiger partial charge on any atom is -0.507 e. The molecule has 9 heteroatoms. The van der Waals surface area contributed by atoms with Gasteiger partial charge in [-0.2, -0.15) is 0 Å². The second-order valence-corrected chi connectivity index (χ2v) is 8.97. The van der Waals surface area contributed by atoms with Gasteiger partial charge < -0.3 is 9.84 Å². The van der Waals surface area contributed by atoms with Gasteiger partial charge in [0.25, 0.3) is 5.78 Å². The van der Waals surface area contributed by atoms with Gasteiger partial charge in [-0.05, 0) is 48.5 Å². The Morgan fingerprint density at radius 1 is 1.12 bits per heavy atom. The van der Waals surface area contributed by atoms with Crippen molar-refractivity contribution in [3.8, 4) is 5.75 Å². The molecule has 1 aliphatic heterocycles. The lowest BCUT2D eigenvalue weighted by Crippen LogP contribution is -2.29. The number of methoxy groups -OCH3 is 1. The third kappa shape index (κ3) is 3.61. The first-order valence-electron chi connectivity index (χ1n) is 10.1. The molecule has 0 saturated carbocycles. The van der Waals surface area contributed by atoms with E-state index in [-0.39, 0.29) is 21.8 Å². The Hall–Kier alpha value is -3.75. The molecule has 0 unspecified atom stereocenters. The molecule has 4 aromatic rings. The van der Waals surface area contributed by atoms with Crippen LogP contribution in [0.3, 0.4) is 0 Å². The molecule has 0 spiro atoms. The van der Waals surface area contributed by atoms with E-state index in [1.807, 2.05) is 0 Å². The van der Waals surface area contributed by atoms with Gasteiger partial charge in [-0.3, -0.25) is 14.5 Å². The van der Waals surface area contributed by atoms with E-state index in [0.717, 1.165) is 20.9 Å². The van der Waals surface area contributed by atoms with Crippen LogP contribution in [0.2, 0.25) is 5.02 Å². The summed E-state index contributed by atoms with van der Waals surface area (Å²) in [4.78, 5) is 32.1. The van der Waals surface area contributed by atoms with Crippen LogP contribution in [-0.2, 0) is 9.59 Å². The summed E-state index contributed by atoms with van der Waals surface area (Å²) in [5.41, 5.74) is 0.703. The van der Waals surface area contributed by atoms with Crippen LogP contribution in [0.5, 0.6) is 5.75 Å². The number of carbonyl (C=O) groups excluding carboxylic acids is 2.